The molecule has 0 aliphatic rings. The van der Waals surface area contributed by atoms with Crippen LogP contribution >= 0.6 is 11.3 Å². The Labute approximate surface area is 171 Å². The summed E-state index contributed by atoms with van der Waals surface area (Å²) in [6, 6.07) is 14.4. The number of nitrogens with zero attached hydrogens (tertiary/aromatic N) is 4. The molecule has 0 saturated heterocycles. The lowest BCUT2D eigenvalue weighted by molar-refractivity contribution is 0.102. The molecular weight excluding hydrogens is 386 g/mol. The van der Waals surface area contributed by atoms with Gasteiger partial charge in [0, 0.05) is 11.5 Å². The number of aromatic nitrogens is 4. The van der Waals surface area contributed by atoms with E-state index in [1.54, 1.807) is 29.1 Å². The highest BCUT2D eigenvalue weighted by molar-refractivity contribution is 7.15. The number of carbonyl (C=O) groups excluding carboxylic acids is 1. The number of nitrogens with one attached hydrogen (secondary N) is 1. The summed E-state index contributed by atoms with van der Waals surface area (Å²) in [6.45, 7) is 4.44. The molecule has 146 valence electrons. The van der Waals surface area contributed by atoms with E-state index in [1.807, 2.05) is 44.2 Å². The van der Waals surface area contributed by atoms with Crippen LogP contribution in [0.25, 0.3) is 10.9 Å². The minimum absolute atomic E-state index is 0.0883. The first-order valence-corrected chi connectivity index (χ1v) is 10.0. The number of anilines is 1. The SMILES string of the molecule is CC(C)c1nnc(NC(=O)c2ccc(Cn3cnc4ccccc4c3=O)cc2)s1. The first-order valence-electron chi connectivity index (χ1n) is 9.19. The van der Waals surface area contributed by atoms with Crippen LogP contribution in [0.1, 0.15) is 40.7 Å². The standard InChI is InChI=1S/C21H19N5O2S/c1-13(2)19-24-25-21(29-19)23-18(27)15-9-7-14(8-10-15)11-26-12-22-17-6-4-3-5-16(17)20(26)28/h3-10,12-13H,11H2,1-2H3,(H,23,25,27). The minimum Gasteiger partial charge on any atom is -0.296 e. The first kappa shape index (κ1) is 18.9. The van der Waals surface area contributed by atoms with Gasteiger partial charge in [-0.05, 0) is 29.8 Å². The molecule has 0 aliphatic carbocycles. The van der Waals surface area contributed by atoms with E-state index in [0.717, 1.165) is 10.6 Å². The summed E-state index contributed by atoms with van der Waals surface area (Å²) >= 11 is 1.37. The Bertz CT molecular complexity index is 1230. The van der Waals surface area contributed by atoms with Crippen molar-refractivity contribution >= 4 is 33.3 Å². The van der Waals surface area contributed by atoms with Crippen molar-refractivity contribution in [3.63, 3.8) is 0 Å². The van der Waals surface area contributed by atoms with E-state index in [1.165, 1.54) is 11.3 Å². The van der Waals surface area contributed by atoms with Gasteiger partial charge in [0.05, 0.1) is 23.8 Å². The topological polar surface area (TPSA) is 89.8 Å². The molecule has 1 amide bonds. The number of amides is 1. The largest absolute Gasteiger partial charge is 0.296 e. The van der Waals surface area contributed by atoms with E-state index < -0.39 is 0 Å². The zero-order valence-electron chi connectivity index (χ0n) is 16.0. The van der Waals surface area contributed by atoms with Gasteiger partial charge in [-0.1, -0.05) is 49.4 Å². The van der Waals surface area contributed by atoms with Gasteiger partial charge in [0.2, 0.25) is 5.13 Å². The third-order valence-corrected chi connectivity index (χ3v) is 5.59. The second-order valence-electron chi connectivity index (χ2n) is 6.95. The van der Waals surface area contributed by atoms with Crippen LogP contribution < -0.4 is 10.9 Å². The highest BCUT2D eigenvalue weighted by Gasteiger charge is 2.12. The van der Waals surface area contributed by atoms with Crippen molar-refractivity contribution in [2.75, 3.05) is 5.32 Å². The van der Waals surface area contributed by atoms with Crippen LogP contribution in [-0.4, -0.2) is 25.7 Å². The van der Waals surface area contributed by atoms with Crippen LogP contribution in [0.5, 0.6) is 0 Å². The summed E-state index contributed by atoms with van der Waals surface area (Å²) in [4.78, 5) is 29.4. The van der Waals surface area contributed by atoms with Crippen LogP contribution in [0.2, 0.25) is 0 Å². The van der Waals surface area contributed by atoms with Crippen molar-refractivity contribution in [3.8, 4) is 0 Å². The van der Waals surface area contributed by atoms with Gasteiger partial charge in [-0.15, -0.1) is 10.2 Å². The average molecular weight is 405 g/mol. The normalized spacial score (nSPS) is 11.1. The number of hydrogen-bond donors (Lipinski definition) is 1. The van der Waals surface area contributed by atoms with Crippen molar-refractivity contribution in [1.82, 2.24) is 19.7 Å². The van der Waals surface area contributed by atoms with Gasteiger partial charge < -0.3 is 0 Å². The Morgan fingerprint density at radius 3 is 2.59 bits per heavy atom. The second-order valence-corrected chi connectivity index (χ2v) is 7.96. The van der Waals surface area contributed by atoms with Crippen LogP contribution in [0.3, 0.4) is 0 Å². The maximum atomic E-state index is 12.6. The van der Waals surface area contributed by atoms with E-state index in [0.29, 0.717) is 28.1 Å². The molecule has 0 unspecified atom stereocenters. The predicted octanol–water partition coefficient (Wildman–Crippen LogP) is 3.67. The summed E-state index contributed by atoms with van der Waals surface area (Å²) < 4.78 is 1.56. The van der Waals surface area contributed by atoms with Crippen molar-refractivity contribution in [2.24, 2.45) is 0 Å². The Morgan fingerprint density at radius 1 is 1.10 bits per heavy atom. The molecule has 1 N–H and O–H groups in total. The Hall–Kier alpha value is -3.39. The van der Waals surface area contributed by atoms with E-state index in [4.69, 9.17) is 0 Å². The quantitative estimate of drug-likeness (QED) is 0.547. The van der Waals surface area contributed by atoms with E-state index in [-0.39, 0.29) is 17.4 Å². The number of rotatable bonds is 5. The van der Waals surface area contributed by atoms with Crippen LogP contribution in [0.15, 0.2) is 59.7 Å². The molecule has 2 heterocycles. The molecule has 0 spiro atoms. The van der Waals surface area contributed by atoms with Crippen molar-refractivity contribution in [1.29, 1.82) is 0 Å². The van der Waals surface area contributed by atoms with Gasteiger partial charge in [0.1, 0.15) is 5.01 Å². The maximum Gasteiger partial charge on any atom is 0.261 e. The van der Waals surface area contributed by atoms with Crippen LogP contribution in [-0.2, 0) is 6.54 Å². The lowest BCUT2D eigenvalue weighted by atomic mass is 10.1. The summed E-state index contributed by atoms with van der Waals surface area (Å²) in [5.41, 5.74) is 2.01. The van der Waals surface area contributed by atoms with Crippen molar-refractivity contribution < 1.29 is 4.79 Å². The monoisotopic (exact) mass is 405 g/mol. The summed E-state index contributed by atoms with van der Waals surface area (Å²) in [7, 11) is 0. The van der Waals surface area contributed by atoms with E-state index in [2.05, 4.69) is 20.5 Å². The summed E-state index contributed by atoms with van der Waals surface area (Å²) in [6.07, 6.45) is 1.55. The average Bonchev–Trinajstić information content (AvgIpc) is 3.20. The molecule has 2 aromatic carbocycles. The zero-order valence-corrected chi connectivity index (χ0v) is 16.8. The van der Waals surface area contributed by atoms with Gasteiger partial charge in [-0.3, -0.25) is 19.5 Å². The lowest BCUT2D eigenvalue weighted by Crippen LogP contribution is -2.21. The lowest BCUT2D eigenvalue weighted by Gasteiger charge is -2.08. The molecule has 4 aromatic rings. The van der Waals surface area contributed by atoms with Crippen molar-refractivity contribution in [3.05, 3.63) is 81.3 Å². The van der Waals surface area contributed by atoms with Gasteiger partial charge in [0.25, 0.3) is 11.5 Å². The molecule has 4 rings (SSSR count). The Morgan fingerprint density at radius 2 is 1.86 bits per heavy atom. The fourth-order valence-electron chi connectivity index (χ4n) is 2.86. The molecule has 0 atom stereocenters. The molecule has 29 heavy (non-hydrogen) atoms. The van der Waals surface area contributed by atoms with Gasteiger partial charge in [-0.25, -0.2) is 4.98 Å². The summed E-state index contributed by atoms with van der Waals surface area (Å²) in [5, 5.41) is 12.8. The smallest absolute Gasteiger partial charge is 0.261 e. The number of fused-ring (bicyclic) bond motifs is 1. The molecule has 0 aliphatic heterocycles. The Balaban J connectivity index is 1.48. The highest BCUT2D eigenvalue weighted by atomic mass is 32.1. The van der Waals surface area contributed by atoms with Crippen molar-refractivity contribution in [2.45, 2.75) is 26.3 Å². The van der Waals surface area contributed by atoms with E-state index >= 15 is 0 Å². The molecule has 0 saturated carbocycles. The Kier molecular flexibility index (Phi) is 5.18. The molecule has 8 heteroatoms. The highest BCUT2D eigenvalue weighted by Crippen LogP contribution is 2.22. The minimum atomic E-state index is -0.243. The molecule has 7 nitrogen and oxygen atoms in total. The molecular formula is C21H19N5O2S. The molecule has 0 bridgehead atoms. The van der Waals surface area contributed by atoms with Crippen LogP contribution in [0.4, 0.5) is 5.13 Å². The predicted molar refractivity (Wildman–Crippen MR) is 113 cm³/mol. The fraction of sp³-hybridized carbons (Fsp3) is 0.190. The van der Waals surface area contributed by atoms with Gasteiger partial charge in [-0.2, -0.15) is 0 Å². The fourth-order valence-corrected chi connectivity index (χ4v) is 3.61. The maximum absolute atomic E-state index is 12.6. The third kappa shape index (κ3) is 4.07. The second kappa shape index (κ2) is 7.92. The number of hydrogen-bond acceptors (Lipinski definition) is 6. The number of para-hydroxylation sites is 1. The molecule has 0 radical (unpaired) electrons. The third-order valence-electron chi connectivity index (χ3n) is 4.46. The molecule has 2 aromatic heterocycles. The first-order chi connectivity index (χ1) is 14.0. The zero-order chi connectivity index (χ0) is 20.4. The number of carbonyl (C=O) groups is 1. The van der Waals surface area contributed by atoms with E-state index in [9.17, 15) is 9.59 Å². The number of benzene rings is 2. The molecule has 0 fully saturated rings. The van der Waals surface area contributed by atoms with Gasteiger partial charge in [0.15, 0.2) is 0 Å². The van der Waals surface area contributed by atoms with Gasteiger partial charge >= 0.3 is 0 Å². The summed E-state index contributed by atoms with van der Waals surface area (Å²) in [5.74, 6) is 0.0259. The van der Waals surface area contributed by atoms with Crippen LogP contribution in [0, 0.1) is 0 Å².